The second-order valence-electron chi connectivity index (χ2n) is 6.03. The highest BCUT2D eigenvalue weighted by molar-refractivity contribution is 9.10. The number of nitrogens with zero attached hydrogens (tertiary/aromatic N) is 1. The Hall–Kier alpha value is -2.18. The summed E-state index contributed by atoms with van der Waals surface area (Å²) < 4.78 is 0.830. The molecule has 6 heteroatoms. The fourth-order valence-corrected chi connectivity index (χ4v) is 3.59. The molecule has 4 nitrogen and oxygen atoms in total. The van der Waals surface area contributed by atoms with Gasteiger partial charge < -0.3 is 5.32 Å². The van der Waals surface area contributed by atoms with Crippen LogP contribution in [0.3, 0.4) is 0 Å². The molecule has 3 aromatic rings. The number of hydrogen-bond acceptors (Lipinski definition) is 3. The molecule has 3 rings (SSSR count). The van der Waals surface area contributed by atoms with Crippen LogP contribution in [-0.2, 0) is 0 Å². The van der Waals surface area contributed by atoms with Gasteiger partial charge in [0.2, 0.25) is 0 Å². The van der Waals surface area contributed by atoms with Crippen molar-refractivity contribution in [1.29, 1.82) is 0 Å². The molecule has 134 valence electrons. The molecule has 0 bridgehead atoms. The number of aromatic nitrogens is 1. The number of amides is 2. The minimum absolute atomic E-state index is 0.315. The Morgan fingerprint density at radius 2 is 1.88 bits per heavy atom. The van der Waals surface area contributed by atoms with Crippen molar-refractivity contribution in [2.24, 2.45) is 0 Å². The molecular weight excluding hydrogens is 410 g/mol. The summed E-state index contributed by atoms with van der Waals surface area (Å²) >= 11 is 4.82. The van der Waals surface area contributed by atoms with Gasteiger partial charge in [0.15, 0.2) is 5.13 Å². The molecule has 2 amide bonds. The zero-order valence-corrected chi connectivity index (χ0v) is 17.0. The van der Waals surface area contributed by atoms with Gasteiger partial charge in [-0.2, -0.15) is 0 Å². The SMILES string of the molecule is CCC(C)c1ccc(-c2csc(NC(=O)Nc3ccccc3Br)n2)cc1. The van der Waals surface area contributed by atoms with E-state index in [-0.39, 0.29) is 6.03 Å². The van der Waals surface area contributed by atoms with Gasteiger partial charge in [-0.15, -0.1) is 11.3 Å². The second-order valence-corrected chi connectivity index (χ2v) is 7.74. The third-order valence-electron chi connectivity index (χ3n) is 4.23. The number of nitrogens with one attached hydrogen (secondary N) is 2. The summed E-state index contributed by atoms with van der Waals surface area (Å²) in [5, 5.41) is 8.10. The minimum atomic E-state index is -0.315. The van der Waals surface area contributed by atoms with E-state index in [1.165, 1.54) is 16.9 Å². The van der Waals surface area contributed by atoms with Crippen molar-refractivity contribution in [2.75, 3.05) is 10.6 Å². The molecule has 0 fully saturated rings. The van der Waals surface area contributed by atoms with E-state index in [0.29, 0.717) is 16.7 Å². The third-order valence-corrected chi connectivity index (χ3v) is 5.68. The largest absolute Gasteiger partial charge is 0.325 e. The molecular formula is C20H20BrN3OS. The predicted octanol–water partition coefficient (Wildman–Crippen LogP) is 6.73. The number of rotatable bonds is 5. The first-order valence-electron chi connectivity index (χ1n) is 8.45. The van der Waals surface area contributed by atoms with Crippen LogP contribution in [0.5, 0.6) is 0 Å². The molecule has 1 atom stereocenters. The quantitative estimate of drug-likeness (QED) is 0.472. The number of anilines is 2. The number of urea groups is 1. The average molecular weight is 430 g/mol. The van der Waals surface area contributed by atoms with Crippen LogP contribution in [0.2, 0.25) is 0 Å². The highest BCUT2D eigenvalue weighted by atomic mass is 79.9. The predicted molar refractivity (Wildman–Crippen MR) is 113 cm³/mol. The van der Waals surface area contributed by atoms with E-state index in [1.807, 2.05) is 29.6 Å². The number of carbonyl (C=O) groups is 1. The molecule has 0 aliphatic rings. The van der Waals surface area contributed by atoms with Crippen LogP contribution in [0.15, 0.2) is 58.4 Å². The standard InChI is InChI=1S/C20H20BrN3OS/c1-3-13(2)14-8-10-15(11-9-14)18-12-26-20(23-18)24-19(25)22-17-7-5-4-6-16(17)21/h4-13H,3H2,1-2H3,(H2,22,23,24,25). The van der Waals surface area contributed by atoms with E-state index >= 15 is 0 Å². The maximum atomic E-state index is 12.2. The van der Waals surface area contributed by atoms with Crippen LogP contribution in [0.25, 0.3) is 11.3 Å². The van der Waals surface area contributed by atoms with Crippen molar-refractivity contribution in [2.45, 2.75) is 26.2 Å². The molecule has 2 N–H and O–H groups in total. The van der Waals surface area contributed by atoms with E-state index in [0.717, 1.165) is 22.2 Å². The molecule has 0 aliphatic carbocycles. The van der Waals surface area contributed by atoms with E-state index in [1.54, 1.807) is 0 Å². The summed E-state index contributed by atoms with van der Waals surface area (Å²) in [6.45, 7) is 4.42. The Kier molecular flexibility index (Phi) is 6.06. The lowest BCUT2D eigenvalue weighted by atomic mass is 9.97. The Labute approximate surface area is 165 Å². The summed E-state index contributed by atoms with van der Waals surface area (Å²) in [6, 6.07) is 15.6. The monoisotopic (exact) mass is 429 g/mol. The summed E-state index contributed by atoms with van der Waals surface area (Å²) in [6.07, 6.45) is 1.12. The van der Waals surface area contributed by atoms with Gasteiger partial charge in [0.1, 0.15) is 0 Å². The highest BCUT2D eigenvalue weighted by Gasteiger charge is 2.10. The summed E-state index contributed by atoms with van der Waals surface area (Å²) in [4.78, 5) is 16.7. The van der Waals surface area contributed by atoms with Gasteiger partial charge >= 0.3 is 6.03 Å². The molecule has 1 unspecified atom stereocenters. The van der Waals surface area contributed by atoms with E-state index in [9.17, 15) is 4.79 Å². The number of thiazole rings is 1. The Morgan fingerprint density at radius 3 is 2.58 bits per heavy atom. The summed E-state index contributed by atoms with van der Waals surface area (Å²) in [5.74, 6) is 0.553. The van der Waals surface area contributed by atoms with Gasteiger partial charge in [-0.3, -0.25) is 5.32 Å². The lowest BCUT2D eigenvalue weighted by Gasteiger charge is -2.09. The normalized spacial score (nSPS) is 11.8. The summed E-state index contributed by atoms with van der Waals surface area (Å²) in [5.41, 5.74) is 3.95. The van der Waals surface area contributed by atoms with Crippen molar-refractivity contribution < 1.29 is 4.79 Å². The molecule has 0 spiro atoms. The first-order chi connectivity index (χ1) is 12.6. The van der Waals surface area contributed by atoms with Gasteiger partial charge in [0.25, 0.3) is 0 Å². The molecule has 26 heavy (non-hydrogen) atoms. The molecule has 0 saturated heterocycles. The van der Waals surface area contributed by atoms with Crippen molar-refractivity contribution in [1.82, 2.24) is 4.98 Å². The topological polar surface area (TPSA) is 54.0 Å². The fraction of sp³-hybridized carbons (Fsp3) is 0.200. The van der Waals surface area contributed by atoms with E-state index < -0.39 is 0 Å². The van der Waals surface area contributed by atoms with Gasteiger partial charge in [-0.25, -0.2) is 9.78 Å². The lowest BCUT2D eigenvalue weighted by Crippen LogP contribution is -2.19. The molecule has 0 radical (unpaired) electrons. The van der Waals surface area contributed by atoms with Crippen LogP contribution in [0, 0.1) is 0 Å². The zero-order chi connectivity index (χ0) is 18.5. The van der Waals surface area contributed by atoms with Crippen molar-refractivity contribution in [3.8, 4) is 11.3 Å². The first-order valence-corrected chi connectivity index (χ1v) is 10.1. The van der Waals surface area contributed by atoms with Gasteiger partial charge in [0, 0.05) is 15.4 Å². The fourth-order valence-electron chi connectivity index (χ4n) is 2.50. The molecule has 1 aromatic heterocycles. The lowest BCUT2D eigenvalue weighted by molar-refractivity contribution is 0.262. The van der Waals surface area contributed by atoms with Crippen molar-refractivity contribution in [3.63, 3.8) is 0 Å². The van der Waals surface area contributed by atoms with Gasteiger partial charge in [0.05, 0.1) is 11.4 Å². The first kappa shape index (κ1) is 18.6. The Morgan fingerprint density at radius 1 is 1.15 bits per heavy atom. The van der Waals surface area contributed by atoms with E-state index in [2.05, 4.69) is 69.7 Å². The molecule has 0 saturated carbocycles. The maximum Gasteiger partial charge on any atom is 0.325 e. The van der Waals surface area contributed by atoms with Crippen LogP contribution < -0.4 is 10.6 Å². The Balaban J connectivity index is 1.66. The van der Waals surface area contributed by atoms with Crippen LogP contribution >= 0.6 is 27.3 Å². The van der Waals surface area contributed by atoms with E-state index in [4.69, 9.17) is 0 Å². The maximum absolute atomic E-state index is 12.2. The Bertz CT molecular complexity index is 892. The third kappa shape index (κ3) is 4.51. The average Bonchev–Trinajstić information content (AvgIpc) is 3.11. The van der Waals surface area contributed by atoms with Crippen LogP contribution in [0.4, 0.5) is 15.6 Å². The number of para-hydroxylation sites is 1. The zero-order valence-electron chi connectivity index (χ0n) is 14.6. The van der Waals surface area contributed by atoms with Gasteiger partial charge in [-0.05, 0) is 46.0 Å². The minimum Gasteiger partial charge on any atom is -0.307 e. The van der Waals surface area contributed by atoms with Gasteiger partial charge in [-0.1, -0.05) is 50.2 Å². The number of carbonyl (C=O) groups excluding carboxylic acids is 1. The van der Waals surface area contributed by atoms with Crippen molar-refractivity contribution in [3.05, 3.63) is 63.9 Å². The van der Waals surface area contributed by atoms with Crippen LogP contribution in [0.1, 0.15) is 31.7 Å². The number of hydrogen-bond donors (Lipinski definition) is 2. The van der Waals surface area contributed by atoms with Crippen LogP contribution in [-0.4, -0.2) is 11.0 Å². The molecule has 1 heterocycles. The molecule has 2 aromatic carbocycles. The second kappa shape index (κ2) is 8.47. The smallest absolute Gasteiger partial charge is 0.307 e. The molecule has 0 aliphatic heterocycles. The van der Waals surface area contributed by atoms with Crippen molar-refractivity contribution >= 4 is 44.1 Å². The summed E-state index contributed by atoms with van der Waals surface area (Å²) in [7, 11) is 0. The number of benzene rings is 2. The highest BCUT2D eigenvalue weighted by Crippen LogP contribution is 2.27. The number of halogens is 1.